The van der Waals surface area contributed by atoms with Crippen molar-refractivity contribution in [3.63, 3.8) is 0 Å². The lowest BCUT2D eigenvalue weighted by molar-refractivity contribution is -0.121. The Hall–Kier alpha value is -4.20. The minimum absolute atomic E-state index is 0.288. The number of hydrogen-bond acceptors (Lipinski definition) is 6. The van der Waals surface area contributed by atoms with Crippen LogP contribution in [0.25, 0.3) is 22.2 Å². The molecule has 0 spiro atoms. The zero-order chi connectivity index (χ0) is 20.9. The van der Waals surface area contributed by atoms with Gasteiger partial charge in [-0.25, -0.2) is 4.79 Å². The average molecular weight is 402 g/mol. The smallest absolute Gasteiger partial charge is 0.337 e. The molecule has 3 aromatic carbocycles. The summed E-state index contributed by atoms with van der Waals surface area (Å²) in [4.78, 5) is 30.8. The number of anilines is 1. The van der Waals surface area contributed by atoms with E-state index in [1.807, 2.05) is 54.6 Å². The third kappa shape index (κ3) is 3.97. The molecule has 0 aliphatic carbocycles. The third-order valence-electron chi connectivity index (χ3n) is 4.44. The predicted octanol–water partition coefficient (Wildman–Crippen LogP) is 2.95. The molecule has 150 valence electrons. The molecule has 1 N–H and O–H groups in total. The van der Waals surface area contributed by atoms with E-state index in [1.165, 1.54) is 7.11 Å². The summed E-state index contributed by atoms with van der Waals surface area (Å²) < 4.78 is 4.72. The number of esters is 1. The normalized spacial score (nSPS) is 10.6. The van der Waals surface area contributed by atoms with Crippen LogP contribution in [0.4, 0.5) is 5.69 Å². The van der Waals surface area contributed by atoms with E-state index in [1.54, 1.807) is 18.2 Å². The predicted molar refractivity (Wildman–Crippen MR) is 111 cm³/mol. The quantitative estimate of drug-likeness (QED) is 0.498. The van der Waals surface area contributed by atoms with Gasteiger partial charge in [0.2, 0.25) is 0 Å². The first-order valence-corrected chi connectivity index (χ1v) is 9.17. The SMILES string of the molecule is COC(=O)c1ccc2nnn(OCC(=O)Nc3ccccc3-c3ccccc3)c2c1. The molecule has 0 aliphatic rings. The van der Waals surface area contributed by atoms with E-state index < -0.39 is 5.97 Å². The molecule has 0 unspecified atom stereocenters. The number of aromatic nitrogens is 3. The first-order valence-electron chi connectivity index (χ1n) is 9.17. The summed E-state index contributed by atoms with van der Waals surface area (Å²) in [6, 6.07) is 22.0. The number of benzene rings is 3. The van der Waals surface area contributed by atoms with Crippen molar-refractivity contribution in [1.82, 2.24) is 15.2 Å². The number of nitrogens with zero attached hydrogens (tertiary/aromatic N) is 3. The van der Waals surface area contributed by atoms with Crippen molar-refractivity contribution in [3.8, 4) is 11.1 Å². The molecular weight excluding hydrogens is 384 g/mol. The molecule has 0 saturated heterocycles. The summed E-state index contributed by atoms with van der Waals surface area (Å²) in [5.74, 6) is -0.842. The molecule has 4 rings (SSSR count). The van der Waals surface area contributed by atoms with Gasteiger partial charge in [-0.2, -0.15) is 0 Å². The number of nitrogens with one attached hydrogen (secondary N) is 1. The van der Waals surface area contributed by atoms with Crippen LogP contribution in [-0.2, 0) is 9.53 Å². The number of carbonyl (C=O) groups excluding carboxylic acids is 2. The lowest BCUT2D eigenvalue weighted by Crippen LogP contribution is -2.26. The highest BCUT2D eigenvalue weighted by atomic mass is 16.7. The molecule has 0 bridgehead atoms. The fraction of sp³-hybridized carbons (Fsp3) is 0.0909. The summed E-state index contributed by atoms with van der Waals surface area (Å²) in [6.45, 7) is -0.288. The number of ether oxygens (including phenoxy) is 1. The van der Waals surface area contributed by atoms with Gasteiger partial charge < -0.3 is 14.9 Å². The topological polar surface area (TPSA) is 95.3 Å². The molecule has 0 aliphatic heterocycles. The Morgan fingerprint density at radius 3 is 2.57 bits per heavy atom. The highest BCUT2D eigenvalue weighted by Crippen LogP contribution is 2.27. The molecule has 8 heteroatoms. The molecule has 8 nitrogen and oxygen atoms in total. The van der Waals surface area contributed by atoms with Crippen molar-refractivity contribution >= 4 is 28.6 Å². The van der Waals surface area contributed by atoms with Gasteiger partial charge in [-0.15, -0.1) is 5.10 Å². The van der Waals surface area contributed by atoms with Crippen LogP contribution in [0.1, 0.15) is 10.4 Å². The molecule has 1 aromatic heterocycles. The van der Waals surface area contributed by atoms with Crippen LogP contribution in [0.3, 0.4) is 0 Å². The number of fused-ring (bicyclic) bond motifs is 1. The minimum atomic E-state index is -0.486. The van der Waals surface area contributed by atoms with Crippen LogP contribution in [-0.4, -0.2) is 40.8 Å². The first kappa shape index (κ1) is 19.1. The van der Waals surface area contributed by atoms with E-state index in [0.29, 0.717) is 22.3 Å². The summed E-state index contributed by atoms with van der Waals surface area (Å²) in [5, 5.41) is 10.7. The highest BCUT2D eigenvalue weighted by molar-refractivity contribution is 5.96. The molecule has 0 fully saturated rings. The Kier molecular flexibility index (Phi) is 5.38. The van der Waals surface area contributed by atoms with Crippen molar-refractivity contribution in [2.75, 3.05) is 19.0 Å². The van der Waals surface area contributed by atoms with Crippen molar-refractivity contribution in [3.05, 3.63) is 78.4 Å². The number of methoxy groups -OCH3 is 1. The second-order valence-electron chi connectivity index (χ2n) is 6.39. The van der Waals surface area contributed by atoms with E-state index in [0.717, 1.165) is 16.0 Å². The van der Waals surface area contributed by atoms with Gasteiger partial charge in [0, 0.05) is 11.3 Å². The number of hydrogen-bond donors (Lipinski definition) is 1. The van der Waals surface area contributed by atoms with Crippen LogP contribution in [0.15, 0.2) is 72.8 Å². The maximum absolute atomic E-state index is 12.5. The Morgan fingerprint density at radius 2 is 1.77 bits per heavy atom. The summed E-state index contributed by atoms with van der Waals surface area (Å²) in [5.41, 5.74) is 3.88. The zero-order valence-corrected chi connectivity index (χ0v) is 16.1. The van der Waals surface area contributed by atoms with Gasteiger partial charge >= 0.3 is 5.97 Å². The van der Waals surface area contributed by atoms with Crippen LogP contribution in [0.5, 0.6) is 0 Å². The molecule has 4 aromatic rings. The number of amides is 1. The van der Waals surface area contributed by atoms with Crippen LogP contribution < -0.4 is 10.2 Å². The summed E-state index contributed by atoms with van der Waals surface area (Å²) >= 11 is 0. The molecule has 1 amide bonds. The van der Waals surface area contributed by atoms with E-state index in [2.05, 4.69) is 15.6 Å². The fourth-order valence-electron chi connectivity index (χ4n) is 3.01. The fourth-order valence-corrected chi connectivity index (χ4v) is 3.01. The standard InChI is InChI=1S/C22H18N4O4/c1-29-22(28)16-11-12-19-20(13-16)26(25-24-19)30-14-21(27)23-18-10-6-5-9-17(18)15-7-3-2-4-8-15/h2-13H,14H2,1H3,(H,23,27). The Bertz CT molecular complexity index is 1200. The van der Waals surface area contributed by atoms with Crippen LogP contribution >= 0.6 is 0 Å². The number of carbonyl (C=O) groups is 2. The molecule has 0 saturated carbocycles. The first-order chi connectivity index (χ1) is 14.7. The molecule has 30 heavy (non-hydrogen) atoms. The summed E-state index contributed by atoms with van der Waals surface area (Å²) in [7, 11) is 1.30. The lowest BCUT2D eigenvalue weighted by Gasteiger charge is -2.11. The van der Waals surface area contributed by atoms with Crippen molar-refractivity contribution in [2.45, 2.75) is 0 Å². The lowest BCUT2D eigenvalue weighted by atomic mass is 10.0. The minimum Gasteiger partial charge on any atom is -0.465 e. The maximum atomic E-state index is 12.5. The third-order valence-corrected chi connectivity index (χ3v) is 4.44. The second-order valence-corrected chi connectivity index (χ2v) is 6.39. The van der Waals surface area contributed by atoms with Gasteiger partial charge in [0.05, 0.1) is 12.7 Å². The highest BCUT2D eigenvalue weighted by Gasteiger charge is 2.13. The van der Waals surface area contributed by atoms with Gasteiger partial charge in [-0.3, -0.25) is 4.79 Å². The average Bonchev–Trinajstić information content (AvgIpc) is 3.20. The van der Waals surface area contributed by atoms with Gasteiger partial charge in [0.25, 0.3) is 5.91 Å². The second kappa shape index (κ2) is 8.44. The number of rotatable bonds is 6. The monoisotopic (exact) mass is 402 g/mol. The van der Waals surface area contributed by atoms with E-state index in [9.17, 15) is 9.59 Å². The van der Waals surface area contributed by atoms with Crippen molar-refractivity contribution < 1.29 is 19.2 Å². The number of para-hydroxylation sites is 1. The molecular formula is C22H18N4O4. The zero-order valence-electron chi connectivity index (χ0n) is 16.1. The Morgan fingerprint density at radius 1 is 1.00 bits per heavy atom. The molecule has 1 heterocycles. The van der Waals surface area contributed by atoms with E-state index >= 15 is 0 Å². The van der Waals surface area contributed by atoms with Gasteiger partial charge in [-0.1, -0.05) is 53.4 Å². The summed E-state index contributed by atoms with van der Waals surface area (Å²) in [6.07, 6.45) is 0. The van der Waals surface area contributed by atoms with Crippen molar-refractivity contribution in [1.29, 1.82) is 0 Å². The maximum Gasteiger partial charge on any atom is 0.337 e. The molecule has 0 radical (unpaired) electrons. The largest absolute Gasteiger partial charge is 0.465 e. The Balaban J connectivity index is 1.48. The Labute approximate surface area is 172 Å². The van der Waals surface area contributed by atoms with Crippen LogP contribution in [0, 0.1) is 0 Å². The van der Waals surface area contributed by atoms with E-state index in [4.69, 9.17) is 9.57 Å². The van der Waals surface area contributed by atoms with E-state index in [-0.39, 0.29) is 12.5 Å². The molecule has 0 atom stereocenters. The van der Waals surface area contributed by atoms with Crippen molar-refractivity contribution in [2.24, 2.45) is 0 Å². The van der Waals surface area contributed by atoms with Gasteiger partial charge in [-0.05, 0) is 35.0 Å². The van der Waals surface area contributed by atoms with Gasteiger partial charge in [0.1, 0.15) is 11.0 Å². The van der Waals surface area contributed by atoms with Crippen LogP contribution in [0.2, 0.25) is 0 Å². The van der Waals surface area contributed by atoms with Gasteiger partial charge in [0.15, 0.2) is 6.61 Å².